The predicted octanol–water partition coefficient (Wildman–Crippen LogP) is 3.91. The third kappa shape index (κ3) is 3.39. The Morgan fingerprint density at radius 1 is 1.40 bits per heavy atom. The van der Waals surface area contributed by atoms with E-state index in [2.05, 4.69) is 18.3 Å². The van der Waals surface area contributed by atoms with Crippen LogP contribution >= 0.6 is 11.3 Å². The zero-order chi connectivity index (χ0) is 14.5. The van der Waals surface area contributed by atoms with Gasteiger partial charge in [0.15, 0.2) is 0 Å². The van der Waals surface area contributed by atoms with E-state index in [9.17, 15) is 4.79 Å². The van der Waals surface area contributed by atoms with Gasteiger partial charge in [0.1, 0.15) is 0 Å². The quantitative estimate of drug-likeness (QED) is 0.820. The highest BCUT2D eigenvalue weighted by molar-refractivity contribution is 7.10. The number of thiophene rings is 1. The van der Waals surface area contributed by atoms with Gasteiger partial charge in [0, 0.05) is 16.1 Å². The third-order valence-electron chi connectivity index (χ3n) is 3.26. The number of nitrogens with one attached hydrogen (secondary N) is 1. The molecule has 1 unspecified atom stereocenters. The van der Waals surface area contributed by atoms with Crippen LogP contribution in [0.3, 0.4) is 0 Å². The van der Waals surface area contributed by atoms with Gasteiger partial charge in [-0.15, -0.1) is 11.3 Å². The number of hydrogen-bond acceptors (Lipinski definition) is 3. The van der Waals surface area contributed by atoms with Crippen molar-refractivity contribution in [2.45, 2.75) is 32.7 Å². The SMILES string of the molecule is CCCC(NC(=O)c1ccc(N)cc1C)c1cccs1. The maximum absolute atomic E-state index is 12.4. The van der Waals surface area contributed by atoms with Crippen molar-refractivity contribution in [3.8, 4) is 0 Å². The topological polar surface area (TPSA) is 55.1 Å². The van der Waals surface area contributed by atoms with E-state index in [1.165, 1.54) is 4.88 Å². The summed E-state index contributed by atoms with van der Waals surface area (Å²) in [5.41, 5.74) is 8.00. The first kappa shape index (κ1) is 14.6. The van der Waals surface area contributed by atoms with E-state index in [-0.39, 0.29) is 11.9 Å². The summed E-state index contributed by atoms with van der Waals surface area (Å²) in [7, 11) is 0. The number of rotatable bonds is 5. The molecule has 0 aliphatic heterocycles. The second kappa shape index (κ2) is 6.57. The summed E-state index contributed by atoms with van der Waals surface area (Å²) >= 11 is 1.68. The van der Waals surface area contributed by atoms with Crippen LogP contribution in [0.5, 0.6) is 0 Å². The fourth-order valence-electron chi connectivity index (χ4n) is 2.24. The molecular formula is C16H20N2OS. The van der Waals surface area contributed by atoms with Crippen molar-refractivity contribution in [2.24, 2.45) is 0 Å². The van der Waals surface area contributed by atoms with E-state index in [0.29, 0.717) is 11.3 Å². The number of benzene rings is 1. The van der Waals surface area contributed by atoms with Crippen LogP contribution in [0.25, 0.3) is 0 Å². The summed E-state index contributed by atoms with van der Waals surface area (Å²) < 4.78 is 0. The fourth-order valence-corrected chi connectivity index (χ4v) is 3.05. The van der Waals surface area contributed by atoms with Crippen LogP contribution < -0.4 is 11.1 Å². The highest BCUT2D eigenvalue weighted by Crippen LogP contribution is 2.24. The lowest BCUT2D eigenvalue weighted by molar-refractivity contribution is 0.0934. The van der Waals surface area contributed by atoms with Gasteiger partial charge in [-0.1, -0.05) is 19.4 Å². The minimum atomic E-state index is -0.0330. The molecule has 0 saturated heterocycles. The molecule has 0 aliphatic rings. The van der Waals surface area contributed by atoms with Gasteiger partial charge in [0.05, 0.1) is 6.04 Å². The Kier molecular flexibility index (Phi) is 4.79. The van der Waals surface area contributed by atoms with Crippen molar-refractivity contribution in [3.05, 3.63) is 51.7 Å². The van der Waals surface area contributed by atoms with Gasteiger partial charge in [-0.2, -0.15) is 0 Å². The van der Waals surface area contributed by atoms with Crippen molar-refractivity contribution in [1.29, 1.82) is 0 Å². The normalized spacial score (nSPS) is 12.1. The van der Waals surface area contributed by atoms with E-state index in [1.54, 1.807) is 23.5 Å². The Morgan fingerprint density at radius 3 is 2.80 bits per heavy atom. The van der Waals surface area contributed by atoms with Crippen LogP contribution in [-0.4, -0.2) is 5.91 Å². The van der Waals surface area contributed by atoms with Gasteiger partial charge in [0.2, 0.25) is 0 Å². The molecule has 1 aromatic heterocycles. The standard InChI is InChI=1S/C16H20N2OS/c1-3-5-14(15-6-4-9-20-15)18-16(19)13-8-7-12(17)10-11(13)2/h4,6-10,14H,3,5,17H2,1-2H3,(H,18,19). The van der Waals surface area contributed by atoms with E-state index in [0.717, 1.165) is 18.4 Å². The van der Waals surface area contributed by atoms with Crippen LogP contribution in [0, 0.1) is 6.92 Å². The van der Waals surface area contributed by atoms with Crippen molar-refractivity contribution in [2.75, 3.05) is 5.73 Å². The Bertz CT molecular complexity index is 578. The van der Waals surface area contributed by atoms with Crippen LogP contribution in [0.2, 0.25) is 0 Å². The van der Waals surface area contributed by atoms with Gasteiger partial charge in [-0.25, -0.2) is 0 Å². The Hall–Kier alpha value is -1.81. The number of nitrogens with two attached hydrogens (primary N) is 1. The minimum Gasteiger partial charge on any atom is -0.399 e. The summed E-state index contributed by atoms with van der Waals surface area (Å²) in [6.07, 6.45) is 1.98. The summed E-state index contributed by atoms with van der Waals surface area (Å²) in [6.45, 7) is 4.03. The summed E-state index contributed by atoms with van der Waals surface area (Å²) in [4.78, 5) is 13.6. The molecule has 2 rings (SSSR count). The van der Waals surface area contributed by atoms with Gasteiger partial charge < -0.3 is 11.1 Å². The van der Waals surface area contributed by atoms with Gasteiger partial charge in [-0.05, 0) is 48.6 Å². The molecular weight excluding hydrogens is 268 g/mol. The molecule has 1 aromatic carbocycles. The Labute approximate surface area is 123 Å². The molecule has 2 aromatic rings. The second-order valence-corrected chi connectivity index (χ2v) is 5.88. The highest BCUT2D eigenvalue weighted by Gasteiger charge is 2.17. The maximum atomic E-state index is 12.4. The first-order valence-corrected chi connectivity index (χ1v) is 7.70. The smallest absolute Gasteiger partial charge is 0.252 e. The van der Waals surface area contributed by atoms with Crippen molar-refractivity contribution in [3.63, 3.8) is 0 Å². The zero-order valence-electron chi connectivity index (χ0n) is 11.8. The molecule has 1 heterocycles. The maximum Gasteiger partial charge on any atom is 0.252 e. The largest absolute Gasteiger partial charge is 0.399 e. The molecule has 0 fully saturated rings. The molecule has 20 heavy (non-hydrogen) atoms. The van der Waals surface area contributed by atoms with E-state index >= 15 is 0 Å². The Morgan fingerprint density at radius 2 is 2.20 bits per heavy atom. The number of carbonyl (C=O) groups excluding carboxylic acids is 1. The molecule has 106 valence electrons. The molecule has 3 N–H and O–H groups in total. The predicted molar refractivity (Wildman–Crippen MR) is 85.0 cm³/mol. The Balaban J connectivity index is 2.16. The van der Waals surface area contributed by atoms with Crippen LogP contribution in [0.15, 0.2) is 35.7 Å². The minimum absolute atomic E-state index is 0.0330. The molecule has 4 heteroatoms. The molecule has 1 amide bonds. The summed E-state index contributed by atoms with van der Waals surface area (Å²) in [5.74, 6) is -0.0330. The zero-order valence-corrected chi connectivity index (χ0v) is 12.7. The number of amides is 1. The molecule has 0 radical (unpaired) electrons. The van der Waals surface area contributed by atoms with Gasteiger partial charge >= 0.3 is 0 Å². The van der Waals surface area contributed by atoms with Crippen molar-refractivity contribution < 1.29 is 4.79 Å². The number of nitrogen functional groups attached to an aromatic ring is 1. The first-order chi connectivity index (χ1) is 9.61. The first-order valence-electron chi connectivity index (χ1n) is 6.82. The number of aryl methyl sites for hydroxylation is 1. The average Bonchev–Trinajstić information content (AvgIpc) is 2.91. The van der Waals surface area contributed by atoms with E-state index in [4.69, 9.17) is 5.73 Å². The average molecular weight is 288 g/mol. The van der Waals surface area contributed by atoms with Gasteiger partial charge in [-0.3, -0.25) is 4.79 Å². The van der Waals surface area contributed by atoms with Crippen LogP contribution in [0.4, 0.5) is 5.69 Å². The van der Waals surface area contributed by atoms with E-state index in [1.807, 2.05) is 24.4 Å². The van der Waals surface area contributed by atoms with Crippen LogP contribution in [0.1, 0.15) is 46.6 Å². The molecule has 0 spiro atoms. The monoisotopic (exact) mass is 288 g/mol. The van der Waals surface area contributed by atoms with Crippen molar-refractivity contribution >= 4 is 22.9 Å². The lowest BCUT2D eigenvalue weighted by Gasteiger charge is -2.17. The summed E-state index contributed by atoms with van der Waals surface area (Å²) in [5, 5.41) is 5.17. The molecule has 3 nitrogen and oxygen atoms in total. The van der Waals surface area contributed by atoms with Gasteiger partial charge in [0.25, 0.3) is 5.91 Å². The summed E-state index contributed by atoms with van der Waals surface area (Å²) in [6, 6.07) is 9.56. The lowest BCUT2D eigenvalue weighted by Crippen LogP contribution is -2.28. The van der Waals surface area contributed by atoms with E-state index < -0.39 is 0 Å². The second-order valence-electron chi connectivity index (χ2n) is 4.90. The van der Waals surface area contributed by atoms with Crippen molar-refractivity contribution in [1.82, 2.24) is 5.32 Å². The third-order valence-corrected chi connectivity index (χ3v) is 4.25. The van der Waals surface area contributed by atoms with Crippen LogP contribution in [-0.2, 0) is 0 Å². The number of hydrogen-bond donors (Lipinski definition) is 2. The number of anilines is 1. The highest BCUT2D eigenvalue weighted by atomic mass is 32.1. The molecule has 0 bridgehead atoms. The lowest BCUT2D eigenvalue weighted by atomic mass is 10.1. The molecule has 0 aliphatic carbocycles. The molecule has 0 saturated carbocycles. The molecule has 1 atom stereocenters. The fraction of sp³-hybridized carbons (Fsp3) is 0.312. The number of carbonyl (C=O) groups is 1.